The normalized spacial score (nSPS) is 12.1. The Morgan fingerprint density at radius 1 is 1.44 bits per heavy atom. The molecule has 0 aliphatic heterocycles. The molecule has 0 aliphatic carbocycles. The van der Waals surface area contributed by atoms with Crippen LogP contribution in [-0.2, 0) is 0 Å². The number of carbonyl (C=O) groups is 1. The van der Waals surface area contributed by atoms with Crippen LogP contribution in [0.4, 0.5) is 0 Å². The fourth-order valence-electron chi connectivity index (χ4n) is 1.66. The minimum atomic E-state index is -0.455. The van der Waals surface area contributed by atoms with Crippen LogP contribution < -0.4 is 5.32 Å². The zero-order valence-corrected chi connectivity index (χ0v) is 9.96. The molecule has 1 aromatic heterocycles. The molecule has 94 valence electrons. The highest BCUT2D eigenvalue weighted by Crippen LogP contribution is 2.13. The number of aliphatic hydroxyl groups is 1. The Kier molecular flexibility index (Phi) is 3.74. The van der Waals surface area contributed by atoms with E-state index in [4.69, 9.17) is 4.42 Å². The van der Waals surface area contributed by atoms with Gasteiger partial charge in [-0.2, -0.15) is 0 Å². The van der Waals surface area contributed by atoms with Gasteiger partial charge in [-0.1, -0.05) is 30.3 Å². The number of benzene rings is 1. The second-order valence-corrected chi connectivity index (χ2v) is 3.89. The van der Waals surface area contributed by atoms with Crippen LogP contribution in [-0.4, -0.2) is 22.6 Å². The lowest BCUT2D eigenvalue weighted by molar-refractivity contribution is 0.0887. The molecule has 0 spiro atoms. The van der Waals surface area contributed by atoms with E-state index in [2.05, 4.69) is 10.3 Å². The van der Waals surface area contributed by atoms with Crippen LogP contribution in [0.3, 0.4) is 0 Å². The van der Waals surface area contributed by atoms with Crippen molar-refractivity contribution in [3.63, 3.8) is 0 Å². The number of oxazole rings is 1. The lowest BCUT2D eigenvalue weighted by Gasteiger charge is -2.15. The maximum Gasteiger partial charge on any atom is 0.289 e. The van der Waals surface area contributed by atoms with Gasteiger partial charge in [0.05, 0.1) is 18.3 Å². The zero-order valence-electron chi connectivity index (χ0n) is 9.96. The minimum Gasteiger partial charge on any atom is -0.438 e. The first-order chi connectivity index (χ1) is 8.72. The number of aliphatic hydroxyl groups excluding tert-OH is 1. The van der Waals surface area contributed by atoms with Crippen molar-refractivity contribution < 1.29 is 14.3 Å². The van der Waals surface area contributed by atoms with Crippen molar-refractivity contribution in [3.8, 4) is 0 Å². The summed E-state index contributed by atoms with van der Waals surface area (Å²) in [5.41, 5.74) is 1.36. The molecule has 2 rings (SSSR count). The maximum absolute atomic E-state index is 11.9. The summed E-state index contributed by atoms with van der Waals surface area (Å²) in [5, 5.41) is 12.0. The Hall–Kier alpha value is -2.14. The first-order valence-electron chi connectivity index (χ1n) is 5.59. The molecule has 1 heterocycles. The van der Waals surface area contributed by atoms with Crippen molar-refractivity contribution in [3.05, 3.63) is 53.7 Å². The van der Waals surface area contributed by atoms with Gasteiger partial charge in [-0.05, 0) is 12.5 Å². The number of carbonyl (C=O) groups excluding carboxylic acids is 1. The SMILES string of the molecule is Cc1ncoc1C(=O)N[C@@H](CO)c1ccccc1. The number of hydrogen-bond acceptors (Lipinski definition) is 4. The van der Waals surface area contributed by atoms with Gasteiger partial charge in [0.25, 0.3) is 5.91 Å². The lowest BCUT2D eigenvalue weighted by atomic mass is 10.1. The van der Waals surface area contributed by atoms with Crippen LogP contribution in [0.5, 0.6) is 0 Å². The van der Waals surface area contributed by atoms with Crippen LogP contribution in [0.15, 0.2) is 41.1 Å². The molecule has 5 heteroatoms. The highest BCUT2D eigenvalue weighted by Gasteiger charge is 2.18. The van der Waals surface area contributed by atoms with Gasteiger partial charge >= 0.3 is 0 Å². The molecule has 0 unspecified atom stereocenters. The van der Waals surface area contributed by atoms with E-state index in [1.807, 2.05) is 30.3 Å². The van der Waals surface area contributed by atoms with E-state index in [9.17, 15) is 9.90 Å². The van der Waals surface area contributed by atoms with Crippen molar-refractivity contribution in [2.45, 2.75) is 13.0 Å². The van der Waals surface area contributed by atoms with E-state index < -0.39 is 6.04 Å². The van der Waals surface area contributed by atoms with Crippen LogP contribution in [0.1, 0.15) is 27.9 Å². The summed E-state index contributed by atoms with van der Waals surface area (Å²) in [6.07, 6.45) is 1.22. The van der Waals surface area contributed by atoms with Crippen molar-refractivity contribution in [2.75, 3.05) is 6.61 Å². The van der Waals surface area contributed by atoms with Gasteiger partial charge in [0, 0.05) is 0 Å². The summed E-state index contributed by atoms with van der Waals surface area (Å²) in [6.45, 7) is 1.51. The largest absolute Gasteiger partial charge is 0.438 e. The third-order valence-corrected chi connectivity index (χ3v) is 2.64. The van der Waals surface area contributed by atoms with Crippen molar-refractivity contribution in [1.29, 1.82) is 0 Å². The molecule has 2 N–H and O–H groups in total. The molecular weight excluding hydrogens is 232 g/mol. The third-order valence-electron chi connectivity index (χ3n) is 2.64. The van der Waals surface area contributed by atoms with Gasteiger partial charge in [0.1, 0.15) is 0 Å². The third kappa shape index (κ3) is 2.57. The Morgan fingerprint density at radius 2 is 2.17 bits per heavy atom. The lowest BCUT2D eigenvalue weighted by Crippen LogP contribution is -2.30. The zero-order chi connectivity index (χ0) is 13.0. The summed E-state index contributed by atoms with van der Waals surface area (Å²) in [5.74, 6) is -0.211. The highest BCUT2D eigenvalue weighted by atomic mass is 16.3. The Labute approximate surface area is 104 Å². The second-order valence-electron chi connectivity index (χ2n) is 3.89. The molecule has 1 aromatic carbocycles. The Morgan fingerprint density at radius 3 is 2.72 bits per heavy atom. The van der Waals surface area contributed by atoms with E-state index in [1.165, 1.54) is 6.39 Å². The number of amides is 1. The molecule has 1 atom stereocenters. The number of nitrogens with zero attached hydrogens (tertiary/aromatic N) is 1. The molecule has 0 fully saturated rings. The fraction of sp³-hybridized carbons (Fsp3) is 0.231. The molecule has 1 amide bonds. The van der Waals surface area contributed by atoms with Gasteiger partial charge in [-0.25, -0.2) is 4.98 Å². The number of rotatable bonds is 4. The Bertz CT molecular complexity index is 522. The van der Waals surface area contributed by atoms with E-state index in [0.29, 0.717) is 5.69 Å². The van der Waals surface area contributed by atoms with Gasteiger partial charge in [-0.3, -0.25) is 4.79 Å². The predicted molar refractivity (Wildman–Crippen MR) is 65.0 cm³/mol. The molecule has 0 bridgehead atoms. The van der Waals surface area contributed by atoms with Crippen molar-refractivity contribution in [1.82, 2.24) is 10.3 Å². The van der Waals surface area contributed by atoms with Crippen molar-refractivity contribution in [2.24, 2.45) is 0 Å². The molecule has 0 saturated carbocycles. The number of hydrogen-bond donors (Lipinski definition) is 2. The van der Waals surface area contributed by atoms with E-state index in [0.717, 1.165) is 5.56 Å². The molecule has 0 saturated heterocycles. The summed E-state index contributed by atoms with van der Waals surface area (Å²) in [6, 6.07) is 8.81. The quantitative estimate of drug-likeness (QED) is 0.856. The predicted octanol–water partition coefficient (Wildman–Crippen LogP) is 1.45. The van der Waals surface area contributed by atoms with Gasteiger partial charge in [0.15, 0.2) is 6.39 Å². The minimum absolute atomic E-state index is 0.171. The highest BCUT2D eigenvalue weighted by molar-refractivity contribution is 5.92. The first kappa shape index (κ1) is 12.3. The van der Waals surface area contributed by atoms with E-state index in [-0.39, 0.29) is 18.3 Å². The summed E-state index contributed by atoms with van der Waals surface area (Å²) in [4.78, 5) is 15.8. The molecule has 2 aromatic rings. The van der Waals surface area contributed by atoms with Crippen molar-refractivity contribution >= 4 is 5.91 Å². The molecular formula is C13H14N2O3. The van der Waals surface area contributed by atoms with Crippen LogP contribution >= 0.6 is 0 Å². The number of aryl methyl sites for hydroxylation is 1. The topological polar surface area (TPSA) is 75.4 Å². The molecule has 0 radical (unpaired) electrons. The summed E-state index contributed by atoms with van der Waals surface area (Å²) in [7, 11) is 0. The standard InChI is InChI=1S/C13H14N2O3/c1-9-12(18-8-14-9)13(17)15-11(7-16)10-5-3-2-4-6-10/h2-6,8,11,16H,7H2,1H3,(H,15,17)/t11-/m0/s1. The van der Waals surface area contributed by atoms with Gasteiger partial charge in [-0.15, -0.1) is 0 Å². The second kappa shape index (κ2) is 5.46. The van der Waals surface area contributed by atoms with Crippen LogP contribution in [0.2, 0.25) is 0 Å². The monoisotopic (exact) mass is 246 g/mol. The van der Waals surface area contributed by atoms with E-state index >= 15 is 0 Å². The van der Waals surface area contributed by atoms with Crippen LogP contribution in [0, 0.1) is 6.92 Å². The summed E-state index contributed by atoms with van der Waals surface area (Å²) < 4.78 is 5.00. The molecule has 5 nitrogen and oxygen atoms in total. The first-order valence-corrected chi connectivity index (χ1v) is 5.59. The smallest absolute Gasteiger partial charge is 0.289 e. The fourth-order valence-corrected chi connectivity index (χ4v) is 1.66. The molecule has 18 heavy (non-hydrogen) atoms. The van der Waals surface area contributed by atoms with Gasteiger partial charge < -0.3 is 14.8 Å². The maximum atomic E-state index is 11.9. The average Bonchev–Trinajstić information content (AvgIpc) is 2.83. The number of aromatic nitrogens is 1. The number of nitrogens with one attached hydrogen (secondary N) is 1. The Balaban J connectivity index is 2.13. The van der Waals surface area contributed by atoms with Crippen LogP contribution in [0.25, 0.3) is 0 Å². The average molecular weight is 246 g/mol. The molecule has 0 aliphatic rings. The van der Waals surface area contributed by atoms with Gasteiger partial charge in [0.2, 0.25) is 5.76 Å². The summed E-state index contributed by atoms with van der Waals surface area (Å²) >= 11 is 0. The van der Waals surface area contributed by atoms with E-state index in [1.54, 1.807) is 6.92 Å².